The molecule has 1 aliphatic carbocycles. The summed E-state index contributed by atoms with van der Waals surface area (Å²) < 4.78 is 0. The lowest BCUT2D eigenvalue weighted by Gasteiger charge is -2.41. The standard InChI is InChI=1S/C12H23/c1-5-10(2)9-12(3,4)11-7-6-8-11/h10H,5-9H2,1-4H3. The van der Waals surface area contributed by atoms with Gasteiger partial charge in [0.25, 0.3) is 0 Å². The fourth-order valence-corrected chi connectivity index (χ4v) is 2.19. The zero-order chi connectivity index (χ0) is 9.19. The van der Waals surface area contributed by atoms with Gasteiger partial charge >= 0.3 is 0 Å². The molecular weight excluding hydrogens is 144 g/mol. The van der Waals surface area contributed by atoms with Crippen molar-refractivity contribution in [2.24, 2.45) is 11.3 Å². The summed E-state index contributed by atoms with van der Waals surface area (Å²) in [6.45, 7) is 9.52. The summed E-state index contributed by atoms with van der Waals surface area (Å²) >= 11 is 0. The average Bonchev–Trinajstić information content (AvgIpc) is 1.80. The molecule has 0 aromatic carbocycles. The van der Waals surface area contributed by atoms with E-state index in [0.29, 0.717) is 5.41 Å². The van der Waals surface area contributed by atoms with Crippen molar-refractivity contribution in [2.45, 2.75) is 59.8 Å². The Hall–Kier alpha value is 0. The summed E-state index contributed by atoms with van der Waals surface area (Å²) in [5, 5.41) is 0. The molecule has 0 amide bonds. The topological polar surface area (TPSA) is 0 Å². The fourth-order valence-electron chi connectivity index (χ4n) is 2.19. The largest absolute Gasteiger partial charge is 0.0651 e. The van der Waals surface area contributed by atoms with Crippen molar-refractivity contribution in [2.75, 3.05) is 0 Å². The predicted octanol–water partition coefficient (Wildman–Crippen LogP) is 4.21. The summed E-state index contributed by atoms with van der Waals surface area (Å²) in [5.41, 5.74) is 0.535. The van der Waals surface area contributed by atoms with Gasteiger partial charge in [-0.25, -0.2) is 0 Å². The van der Waals surface area contributed by atoms with E-state index in [4.69, 9.17) is 0 Å². The van der Waals surface area contributed by atoms with Crippen molar-refractivity contribution in [3.8, 4) is 0 Å². The highest BCUT2D eigenvalue weighted by Crippen LogP contribution is 2.47. The van der Waals surface area contributed by atoms with Crippen LogP contribution < -0.4 is 0 Å². The maximum Gasteiger partial charge on any atom is -0.0185 e. The molecule has 0 bridgehead atoms. The number of hydrogen-bond donors (Lipinski definition) is 0. The Morgan fingerprint density at radius 3 is 2.25 bits per heavy atom. The van der Waals surface area contributed by atoms with Gasteiger partial charge in [-0.15, -0.1) is 0 Å². The first-order valence-electron chi connectivity index (χ1n) is 5.41. The van der Waals surface area contributed by atoms with Crippen LogP contribution in [0.5, 0.6) is 0 Å². The minimum atomic E-state index is 0.535. The van der Waals surface area contributed by atoms with Crippen LogP contribution in [0.15, 0.2) is 0 Å². The van der Waals surface area contributed by atoms with Crippen molar-refractivity contribution in [3.05, 3.63) is 5.92 Å². The molecular formula is C12H23. The van der Waals surface area contributed by atoms with E-state index in [2.05, 4.69) is 27.7 Å². The van der Waals surface area contributed by atoms with E-state index in [-0.39, 0.29) is 0 Å². The molecule has 0 spiro atoms. The number of hydrogen-bond acceptors (Lipinski definition) is 0. The zero-order valence-electron chi connectivity index (χ0n) is 9.11. The third-order valence-corrected chi connectivity index (χ3v) is 3.47. The highest BCUT2D eigenvalue weighted by atomic mass is 14.4. The average molecular weight is 167 g/mol. The van der Waals surface area contributed by atoms with E-state index in [0.717, 1.165) is 5.92 Å². The Kier molecular flexibility index (Phi) is 3.20. The lowest BCUT2D eigenvalue weighted by Crippen LogP contribution is -2.29. The quantitative estimate of drug-likeness (QED) is 0.588. The third-order valence-electron chi connectivity index (χ3n) is 3.47. The van der Waals surface area contributed by atoms with Crippen molar-refractivity contribution >= 4 is 0 Å². The molecule has 1 atom stereocenters. The van der Waals surface area contributed by atoms with Gasteiger partial charge in [0.2, 0.25) is 0 Å². The molecule has 1 rings (SSSR count). The summed E-state index contributed by atoms with van der Waals surface area (Å²) in [7, 11) is 0. The summed E-state index contributed by atoms with van der Waals surface area (Å²) in [5.74, 6) is 2.72. The first-order valence-corrected chi connectivity index (χ1v) is 5.41. The Morgan fingerprint density at radius 2 is 1.92 bits per heavy atom. The highest BCUT2D eigenvalue weighted by Gasteiger charge is 2.34. The predicted molar refractivity (Wildman–Crippen MR) is 54.9 cm³/mol. The summed E-state index contributed by atoms with van der Waals surface area (Å²) in [6, 6.07) is 0. The SMILES string of the molecule is CCC(C)CC(C)(C)[C]1CCC1. The summed E-state index contributed by atoms with van der Waals surface area (Å²) in [6.07, 6.45) is 6.97. The second-order valence-electron chi connectivity index (χ2n) is 5.06. The smallest absolute Gasteiger partial charge is 0.0185 e. The van der Waals surface area contributed by atoms with Crippen LogP contribution in [0.3, 0.4) is 0 Å². The van der Waals surface area contributed by atoms with Crippen molar-refractivity contribution < 1.29 is 0 Å². The van der Waals surface area contributed by atoms with Crippen LogP contribution in [0.4, 0.5) is 0 Å². The van der Waals surface area contributed by atoms with Gasteiger partial charge < -0.3 is 0 Å². The van der Waals surface area contributed by atoms with Crippen LogP contribution in [0.1, 0.15) is 59.8 Å². The van der Waals surface area contributed by atoms with E-state index >= 15 is 0 Å². The van der Waals surface area contributed by atoms with E-state index in [9.17, 15) is 0 Å². The Labute approximate surface area is 77.7 Å². The molecule has 1 unspecified atom stereocenters. The van der Waals surface area contributed by atoms with Crippen molar-refractivity contribution in [1.82, 2.24) is 0 Å². The van der Waals surface area contributed by atoms with E-state index < -0.39 is 0 Å². The van der Waals surface area contributed by atoms with Crippen LogP contribution in [-0.4, -0.2) is 0 Å². The monoisotopic (exact) mass is 167 g/mol. The minimum Gasteiger partial charge on any atom is -0.0651 e. The molecule has 1 aliphatic rings. The Morgan fingerprint density at radius 1 is 1.33 bits per heavy atom. The van der Waals surface area contributed by atoms with E-state index in [1.807, 2.05) is 5.92 Å². The molecule has 0 saturated heterocycles. The fraction of sp³-hybridized carbons (Fsp3) is 0.917. The van der Waals surface area contributed by atoms with Crippen LogP contribution >= 0.6 is 0 Å². The lowest BCUT2D eigenvalue weighted by molar-refractivity contribution is 0.232. The molecule has 71 valence electrons. The third kappa shape index (κ3) is 2.24. The molecule has 0 heteroatoms. The van der Waals surface area contributed by atoms with Crippen LogP contribution in [0.2, 0.25) is 0 Å². The number of rotatable bonds is 4. The van der Waals surface area contributed by atoms with Gasteiger partial charge in [-0.05, 0) is 36.5 Å². The van der Waals surface area contributed by atoms with E-state index in [1.165, 1.54) is 32.1 Å². The Bertz CT molecular complexity index is 131. The van der Waals surface area contributed by atoms with Gasteiger partial charge in [0, 0.05) is 0 Å². The lowest BCUT2D eigenvalue weighted by atomic mass is 9.64. The molecule has 0 N–H and O–H groups in total. The first-order chi connectivity index (χ1) is 5.56. The maximum atomic E-state index is 2.42. The second kappa shape index (κ2) is 3.81. The molecule has 0 heterocycles. The van der Waals surface area contributed by atoms with Crippen LogP contribution in [0, 0.1) is 17.3 Å². The normalized spacial score (nSPS) is 22.0. The van der Waals surface area contributed by atoms with Crippen molar-refractivity contribution in [1.29, 1.82) is 0 Å². The molecule has 1 fully saturated rings. The molecule has 0 aromatic heterocycles. The molecule has 1 radical (unpaired) electrons. The second-order valence-corrected chi connectivity index (χ2v) is 5.06. The Balaban J connectivity index is 2.35. The van der Waals surface area contributed by atoms with Gasteiger partial charge in [0.1, 0.15) is 0 Å². The van der Waals surface area contributed by atoms with Crippen molar-refractivity contribution in [3.63, 3.8) is 0 Å². The minimum absolute atomic E-state index is 0.535. The summed E-state index contributed by atoms with van der Waals surface area (Å²) in [4.78, 5) is 0. The van der Waals surface area contributed by atoms with Gasteiger partial charge in [0.05, 0.1) is 0 Å². The van der Waals surface area contributed by atoms with Gasteiger partial charge in [-0.1, -0.05) is 40.5 Å². The van der Waals surface area contributed by atoms with E-state index in [1.54, 1.807) is 0 Å². The molecule has 0 nitrogen and oxygen atoms in total. The zero-order valence-corrected chi connectivity index (χ0v) is 9.11. The highest BCUT2D eigenvalue weighted by molar-refractivity contribution is 5.08. The molecule has 1 saturated carbocycles. The van der Waals surface area contributed by atoms with Gasteiger partial charge in [-0.3, -0.25) is 0 Å². The van der Waals surface area contributed by atoms with Crippen LogP contribution in [0.25, 0.3) is 0 Å². The van der Waals surface area contributed by atoms with Gasteiger partial charge in [-0.2, -0.15) is 0 Å². The maximum absolute atomic E-state index is 2.42. The first kappa shape index (κ1) is 10.1. The molecule has 0 aliphatic heterocycles. The molecule has 12 heavy (non-hydrogen) atoms. The molecule has 0 aromatic rings. The van der Waals surface area contributed by atoms with Crippen LogP contribution in [-0.2, 0) is 0 Å². The van der Waals surface area contributed by atoms with Gasteiger partial charge in [0.15, 0.2) is 0 Å².